The Morgan fingerprint density at radius 3 is 1.42 bits per heavy atom. The zero-order chi connectivity index (χ0) is 22.2. The largest absolute Gasteiger partial charge is 1.00 e. The van der Waals surface area contributed by atoms with Crippen molar-refractivity contribution in [3.8, 4) is 0 Å². The van der Waals surface area contributed by atoms with Crippen molar-refractivity contribution in [1.29, 1.82) is 0 Å². The number of aliphatic hydroxyl groups is 1. The Kier molecular flexibility index (Phi) is 12.9. The minimum atomic E-state index is -0.888. The summed E-state index contributed by atoms with van der Waals surface area (Å²) < 4.78 is 1.18. The van der Waals surface area contributed by atoms with Crippen molar-refractivity contribution in [3.63, 3.8) is 0 Å². The van der Waals surface area contributed by atoms with Crippen LogP contribution < -0.4 is 17.0 Å². The summed E-state index contributed by atoms with van der Waals surface area (Å²) in [4.78, 5) is 0. The monoisotopic (exact) mass is 581 g/mol. The number of quaternary nitrogens is 1. The van der Waals surface area contributed by atoms with E-state index in [0.29, 0.717) is 0 Å². The molecule has 2 aromatic carbocycles. The molecule has 33 heavy (non-hydrogen) atoms. The first-order valence-corrected chi connectivity index (χ1v) is 12.7. The summed E-state index contributed by atoms with van der Waals surface area (Å²) in [6.45, 7) is 8.06. The molecule has 2 nitrogen and oxygen atoms in total. The highest BCUT2D eigenvalue weighted by Gasteiger charge is 2.59. The van der Waals surface area contributed by atoms with E-state index in [1.54, 1.807) is 0 Å². The fraction of sp³-hybridized carbons (Fsp3) is 0.586. The molecule has 1 N–H and O–H groups in total. The number of benzene rings is 2. The van der Waals surface area contributed by atoms with Crippen LogP contribution in [-0.4, -0.2) is 36.3 Å². The Morgan fingerprint density at radius 2 is 1.09 bits per heavy atom. The molecule has 0 unspecified atom stereocenters. The van der Waals surface area contributed by atoms with Gasteiger partial charge < -0.3 is 26.6 Å². The molecule has 0 atom stereocenters. The fourth-order valence-corrected chi connectivity index (χ4v) is 5.70. The third kappa shape index (κ3) is 6.93. The average molecular weight is 583 g/mol. The Bertz CT molecular complexity index is 711. The van der Waals surface area contributed by atoms with Gasteiger partial charge >= 0.3 is 0 Å². The molecule has 0 aromatic heterocycles. The maximum Gasteiger partial charge on any atom is 0.121 e. The zero-order valence-electron chi connectivity index (χ0n) is 20.9. The zero-order valence-corrected chi connectivity index (χ0v) is 24.2. The summed E-state index contributed by atoms with van der Waals surface area (Å²) in [5.41, 5.74) is 1.17. The van der Waals surface area contributed by atoms with Gasteiger partial charge in [0.25, 0.3) is 0 Å². The minimum absolute atomic E-state index is 0. The third-order valence-corrected chi connectivity index (χ3v) is 8.00. The SMILES string of the molecule is Br.CCCCCCCC.C[N+]12CCC(C(O)(c3ccccc3)c3ccccc3)(CC1)CC2.[Br-]. The third-order valence-electron chi connectivity index (χ3n) is 8.00. The Labute approximate surface area is 223 Å². The van der Waals surface area contributed by atoms with Crippen LogP contribution in [-0.2, 0) is 5.60 Å². The van der Waals surface area contributed by atoms with Crippen LogP contribution in [0.2, 0.25) is 0 Å². The highest BCUT2D eigenvalue weighted by molar-refractivity contribution is 8.93. The first-order valence-electron chi connectivity index (χ1n) is 12.7. The molecule has 3 fully saturated rings. The second-order valence-corrected chi connectivity index (χ2v) is 10.2. The van der Waals surface area contributed by atoms with Crippen LogP contribution in [0, 0.1) is 5.41 Å². The summed E-state index contributed by atoms with van der Waals surface area (Å²) in [6.07, 6.45) is 11.8. The number of rotatable bonds is 8. The van der Waals surface area contributed by atoms with E-state index in [0.717, 1.165) is 30.4 Å². The smallest absolute Gasteiger partial charge is 0.121 e. The Balaban J connectivity index is 0.000000475. The van der Waals surface area contributed by atoms with Crippen molar-refractivity contribution in [2.24, 2.45) is 5.41 Å². The van der Waals surface area contributed by atoms with Gasteiger partial charge in [-0.15, -0.1) is 17.0 Å². The molecular formula is C29H45Br2NO. The second kappa shape index (κ2) is 14.0. The van der Waals surface area contributed by atoms with E-state index in [9.17, 15) is 5.11 Å². The van der Waals surface area contributed by atoms with E-state index in [-0.39, 0.29) is 39.4 Å². The van der Waals surface area contributed by atoms with Crippen LogP contribution in [0.4, 0.5) is 0 Å². The van der Waals surface area contributed by atoms with Gasteiger partial charge in [-0.1, -0.05) is 113 Å². The predicted molar refractivity (Wildman–Crippen MR) is 142 cm³/mol. The van der Waals surface area contributed by atoms with Gasteiger partial charge in [-0.3, -0.25) is 0 Å². The van der Waals surface area contributed by atoms with Crippen molar-refractivity contribution in [2.45, 2.75) is 77.2 Å². The minimum Gasteiger partial charge on any atom is -1.00 e. The number of halogens is 2. The van der Waals surface area contributed by atoms with E-state index in [1.165, 1.54) is 62.6 Å². The molecule has 186 valence electrons. The van der Waals surface area contributed by atoms with Gasteiger partial charge in [0.1, 0.15) is 5.60 Å². The molecule has 3 aliphatic heterocycles. The van der Waals surface area contributed by atoms with Crippen molar-refractivity contribution in [2.75, 3.05) is 26.7 Å². The first kappa shape index (κ1) is 30.4. The van der Waals surface area contributed by atoms with Crippen LogP contribution >= 0.6 is 17.0 Å². The molecule has 3 saturated heterocycles. The molecule has 3 heterocycles. The molecule has 0 radical (unpaired) electrons. The molecule has 4 heteroatoms. The lowest BCUT2D eigenvalue weighted by atomic mass is 9.56. The van der Waals surface area contributed by atoms with Gasteiger partial charge in [-0.05, 0) is 11.1 Å². The molecule has 5 rings (SSSR count). The number of hydrogen-bond donors (Lipinski definition) is 1. The van der Waals surface area contributed by atoms with Crippen LogP contribution in [0.25, 0.3) is 0 Å². The Morgan fingerprint density at radius 1 is 0.727 bits per heavy atom. The second-order valence-electron chi connectivity index (χ2n) is 10.2. The summed E-state index contributed by atoms with van der Waals surface area (Å²) >= 11 is 0. The van der Waals surface area contributed by atoms with Crippen molar-refractivity contribution < 1.29 is 26.6 Å². The molecule has 2 bridgehead atoms. The topological polar surface area (TPSA) is 20.2 Å². The fourth-order valence-electron chi connectivity index (χ4n) is 5.70. The summed E-state index contributed by atoms with van der Waals surface area (Å²) in [5, 5.41) is 12.1. The highest BCUT2D eigenvalue weighted by atomic mass is 79.9. The van der Waals surface area contributed by atoms with E-state index in [1.807, 2.05) is 36.4 Å². The molecule has 0 spiro atoms. The molecule has 0 saturated carbocycles. The highest BCUT2D eigenvalue weighted by Crippen LogP contribution is 2.56. The van der Waals surface area contributed by atoms with Crippen LogP contribution in [0.3, 0.4) is 0 Å². The van der Waals surface area contributed by atoms with Crippen molar-refractivity contribution >= 4 is 17.0 Å². The van der Waals surface area contributed by atoms with Gasteiger partial charge in [0.2, 0.25) is 0 Å². The maximum atomic E-state index is 12.1. The van der Waals surface area contributed by atoms with Crippen molar-refractivity contribution in [1.82, 2.24) is 0 Å². The van der Waals surface area contributed by atoms with Crippen LogP contribution in [0.1, 0.15) is 82.8 Å². The van der Waals surface area contributed by atoms with Crippen LogP contribution in [0.15, 0.2) is 60.7 Å². The maximum absolute atomic E-state index is 12.1. The lowest BCUT2D eigenvalue weighted by molar-refractivity contribution is -0.928. The molecule has 2 aromatic rings. The quantitative estimate of drug-likeness (QED) is 0.359. The molecule has 0 amide bonds. The van der Waals surface area contributed by atoms with E-state index >= 15 is 0 Å². The Hall–Kier alpha value is -0.680. The number of fused-ring (bicyclic) bond motifs is 3. The van der Waals surface area contributed by atoms with E-state index < -0.39 is 5.60 Å². The van der Waals surface area contributed by atoms with Crippen LogP contribution in [0.5, 0.6) is 0 Å². The van der Waals surface area contributed by atoms with Gasteiger partial charge in [0.05, 0.1) is 26.7 Å². The number of unbranched alkanes of at least 4 members (excludes halogenated alkanes) is 5. The summed E-state index contributed by atoms with van der Waals surface area (Å²) in [7, 11) is 2.37. The van der Waals surface area contributed by atoms with E-state index in [2.05, 4.69) is 45.2 Å². The average Bonchev–Trinajstić information content (AvgIpc) is 2.83. The lowest BCUT2D eigenvalue weighted by Gasteiger charge is -2.59. The van der Waals surface area contributed by atoms with Gasteiger partial charge in [-0.2, -0.15) is 0 Å². The number of hydrogen-bond acceptors (Lipinski definition) is 1. The molecular weight excluding hydrogens is 538 g/mol. The molecule has 0 aliphatic carbocycles. The van der Waals surface area contributed by atoms with Crippen molar-refractivity contribution in [3.05, 3.63) is 71.8 Å². The van der Waals surface area contributed by atoms with Gasteiger partial charge in [0, 0.05) is 24.7 Å². The lowest BCUT2D eigenvalue weighted by Crippen LogP contribution is -3.00. The standard InChI is InChI=1S/C21H26NO.C8H18.2BrH/c1-22-15-12-20(13-16-22,14-17-22)21(23,18-8-4-2-5-9-18)19-10-6-3-7-11-19;1-3-5-7-8-6-4-2;;/h2-11,23H,12-17H2,1H3;3-8H2,1-2H3;2*1H/q+1;;;/p-1. The normalized spacial score (nSPS) is 23.5. The molecule has 3 aliphatic rings. The van der Waals surface area contributed by atoms with Gasteiger partial charge in [0.15, 0.2) is 0 Å². The van der Waals surface area contributed by atoms with Gasteiger partial charge in [-0.25, -0.2) is 0 Å². The van der Waals surface area contributed by atoms with E-state index in [4.69, 9.17) is 0 Å². The predicted octanol–water partition coefficient (Wildman–Crippen LogP) is 4.50. The number of nitrogens with zero attached hydrogens (tertiary/aromatic N) is 1. The summed E-state index contributed by atoms with van der Waals surface area (Å²) in [5.74, 6) is 0. The first-order chi connectivity index (χ1) is 15.0. The summed E-state index contributed by atoms with van der Waals surface area (Å²) in [6, 6.07) is 20.6. The number of piperidine rings is 3.